The number of nitrogens with zero attached hydrogens (tertiary/aromatic N) is 3. The molecule has 0 saturated carbocycles. The van der Waals surface area contributed by atoms with E-state index in [4.69, 9.17) is 0 Å². The summed E-state index contributed by atoms with van der Waals surface area (Å²) in [6, 6.07) is 3.82. The number of H-pyrrole nitrogens is 1. The number of aromatic amines is 1. The summed E-state index contributed by atoms with van der Waals surface area (Å²) in [7, 11) is 2.17. The Morgan fingerprint density at radius 1 is 1.15 bits per heavy atom. The zero-order chi connectivity index (χ0) is 19.8. The third kappa shape index (κ3) is 9.37. The standard InChI is InChI=1S/C12H14N4.C7H17N.C2H6/c1-3-10-7-14-16-12(10)9(2)15-11-5-4-6-13-8-11;1-4-6-8(3)7-5-2;1-2/h4-8,15H,2-3H2,1H3,(H,14,16);4-7H2,1-3H3;1-2H3. The molecule has 0 atom stereocenters. The van der Waals surface area contributed by atoms with Crippen LogP contribution >= 0.6 is 0 Å². The van der Waals surface area contributed by atoms with E-state index in [-0.39, 0.29) is 0 Å². The Kier molecular flexibility index (Phi) is 13.9. The smallest absolute Gasteiger partial charge is 0.0838 e. The molecule has 5 nitrogen and oxygen atoms in total. The van der Waals surface area contributed by atoms with Crippen LogP contribution in [0.2, 0.25) is 0 Å². The third-order valence-electron chi connectivity index (χ3n) is 3.57. The van der Waals surface area contributed by atoms with Crippen LogP contribution < -0.4 is 5.32 Å². The molecule has 0 radical (unpaired) electrons. The minimum atomic E-state index is 0.808. The van der Waals surface area contributed by atoms with Gasteiger partial charge in [0.1, 0.15) is 0 Å². The summed E-state index contributed by atoms with van der Waals surface area (Å²) >= 11 is 0. The van der Waals surface area contributed by atoms with Crippen LogP contribution in [0.25, 0.3) is 5.70 Å². The average molecular weight is 360 g/mol. The monoisotopic (exact) mass is 359 g/mol. The molecule has 5 heteroatoms. The van der Waals surface area contributed by atoms with E-state index < -0.39 is 0 Å². The summed E-state index contributed by atoms with van der Waals surface area (Å²) in [5.74, 6) is 0. The van der Waals surface area contributed by atoms with Crippen molar-refractivity contribution in [3.05, 3.63) is 48.6 Å². The molecule has 0 amide bonds. The van der Waals surface area contributed by atoms with Crippen LogP contribution in [0.15, 0.2) is 37.3 Å². The summed E-state index contributed by atoms with van der Waals surface area (Å²) in [5.41, 5.74) is 3.83. The van der Waals surface area contributed by atoms with E-state index in [1.165, 1.54) is 25.9 Å². The molecule has 0 fully saturated rings. The van der Waals surface area contributed by atoms with Crippen molar-refractivity contribution in [3.63, 3.8) is 0 Å². The Hall–Kier alpha value is -2.14. The van der Waals surface area contributed by atoms with Crippen molar-refractivity contribution >= 4 is 11.4 Å². The van der Waals surface area contributed by atoms with E-state index in [0.29, 0.717) is 0 Å². The van der Waals surface area contributed by atoms with Gasteiger partial charge in [-0.25, -0.2) is 0 Å². The molecule has 2 heterocycles. The fourth-order valence-corrected chi connectivity index (χ4v) is 2.39. The van der Waals surface area contributed by atoms with Gasteiger partial charge in [0.25, 0.3) is 0 Å². The molecule has 2 aromatic rings. The maximum absolute atomic E-state index is 4.03. The quantitative estimate of drug-likeness (QED) is 0.679. The highest BCUT2D eigenvalue weighted by molar-refractivity contribution is 5.74. The number of pyridine rings is 1. The van der Waals surface area contributed by atoms with Gasteiger partial charge in [0.05, 0.1) is 29.5 Å². The van der Waals surface area contributed by atoms with Crippen LogP contribution in [0, 0.1) is 0 Å². The van der Waals surface area contributed by atoms with Crippen molar-refractivity contribution in [2.45, 2.75) is 53.9 Å². The first-order valence-electron chi connectivity index (χ1n) is 9.69. The van der Waals surface area contributed by atoms with Gasteiger partial charge < -0.3 is 10.2 Å². The van der Waals surface area contributed by atoms with E-state index in [2.05, 4.69) is 59.8 Å². The second-order valence-corrected chi connectivity index (χ2v) is 5.77. The lowest BCUT2D eigenvalue weighted by molar-refractivity contribution is 0.335. The number of aromatic nitrogens is 3. The van der Waals surface area contributed by atoms with Gasteiger partial charge in [-0.3, -0.25) is 10.1 Å². The van der Waals surface area contributed by atoms with Gasteiger partial charge in [0, 0.05) is 6.20 Å². The summed E-state index contributed by atoms with van der Waals surface area (Å²) in [6.07, 6.45) is 8.80. The minimum absolute atomic E-state index is 0.808. The lowest BCUT2D eigenvalue weighted by atomic mass is 10.1. The number of anilines is 1. The van der Waals surface area contributed by atoms with Crippen LogP contribution in [0.4, 0.5) is 5.69 Å². The molecule has 0 saturated heterocycles. The van der Waals surface area contributed by atoms with Crippen LogP contribution in [-0.4, -0.2) is 40.2 Å². The molecule has 146 valence electrons. The van der Waals surface area contributed by atoms with Gasteiger partial charge in [0.15, 0.2) is 0 Å². The Labute approximate surface area is 159 Å². The molecule has 0 aliphatic carbocycles. The first-order valence-corrected chi connectivity index (χ1v) is 9.69. The highest BCUT2D eigenvalue weighted by atomic mass is 15.1. The van der Waals surface area contributed by atoms with Crippen molar-refractivity contribution in [2.24, 2.45) is 0 Å². The van der Waals surface area contributed by atoms with Crippen molar-refractivity contribution < 1.29 is 0 Å². The van der Waals surface area contributed by atoms with Crippen molar-refractivity contribution in [1.82, 2.24) is 20.1 Å². The summed E-state index contributed by atoms with van der Waals surface area (Å²) in [4.78, 5) is 6.39. The van der Waals surface area contributed by atoms with Crippen LogP contribution in [0.5, 0.6) is 0 Å². The molecule has 26 heavy (non-hydrogen) atoms. The summed E-state index contributed by atoms with van der Waals surface area (Å²) in [6.45, 7) is 17.0. The molecule has 0 spiro atoms. The molecule has 0 aliphatic rings. The second-order valence-electron chi connectivity index (χ2n) is 5.77. The zero-order valence-electron chi connectivity index (χ0n) is 17.5. The lowest BCUT2D eigenvalue weighted by Gasteiger charge is -2.12. The fourth-order valence-electron chi connectivity index (χ4n) is 2.39. The Balaban J connectivity index is 0.000000533. The van der Waals surface area contributed by atoms with Gasteiger partial charge in [-0.15, -0.1) is 0 Å². The van der Waals surface area contributed by atoms with E-state index in [0.717, 1.165) is 29.1 Å². The normalized spacial score (nSPS) is 9.65. The predicted molar refractivity (Wildman–Crippen MR) is 114 cm³/mol. The summed E-state index contributed by atoms with van der Waals surface area (Å²) < 4.78 is 0. The molecular formula is C21H37N5. The Morgan fingerprint density at radius 2 is 1.81 bits per heavy atom. The third-order valence-corrected chi connectivity index (χ3v) is 3.57. The van der Waals surface area contributed by atoms with E-state index >= 15 is 0 Å². The molecule has 0 unspecified atom stereocenters. The Bertz CT molecular complexity index is 571. The second kappa shape index (κ2) is 15.1. The first kappa shape index (κ1) is 23.9. The van der Waals surface area contributed by atoms with E-state index in [9.17, 15) is 0 Å². The molecule has 0 aromatic carbocycles. The maximum atomic E-state index is 4.03. The van der Waals surface area contributed by atoms with Crippen LogP contribution in [0.3, 0.4) is 0 Å². The van der Waals surface area contributed by atoms with Crippen LogP contribution in [-0.2, 0) is 6.42 Å². The van der Waals surface area contributed by atoms with Gasteiger partial charge >= 0.3 is 0 Å². The van der Waals surface area contributed by atoms with E-state index in [1.54, 1.807) is 12.4 Å². The summed E-state index contributed by atoms with van der Waals surface area (Å²) in [5, 5.41) is 10.1. The highest BCUT2D eigenvalue weighted by Gasteiger charge is 2.06. The van der Waals surface area contributed by atoms with Gasteiger partial charge in [-0.1, -0.05) is 41.2 Å². The topological polar surface area (TPSA) is 56.8 Å². The number of nitrogens with one attached hydrogen (secondary N) is 2. The van der Waals surface area contributed by atoms with Gasteiger partial charge in [0.2, 0.25) is 0 Å². The first-order chi connectivity index (χ1) is 12.6. The maximum Gasteiger partial charge on any atom is 0.0838 e. The van der Waals surface area contributed by atoms with Gasteiger partial charge in [-0.2, -0.15) is 5.10 Å². The van der Waals surface area contributed by atoms with Crippen molar-refractivity contribution in [3.8, 4) is 0 Å². The molecule has 2 N–H and O–H groups in total. The van der Waals surface area contributed by atoms with Crippen molar-refractivity contribution in [1.29, 1.82) is 0 Å². The van der Waals surface area contributed by atoms with Crippen LogP contribution in [0.1, 0.15) is 58.7 Å². The molecular weight excluding hydrogens is 322 g/mol. The fraction of sp³-hybridized carbons (Fsp3) is 0.524. The van der Waals surface area contributed by atoms with Crippen molar-refractivity contribution in [2.75, 3.05) is 25.5 Å². The number of aryl methyl sites for hydroxylation is 1. The highest BCUT2D eigenvalue weighted by Crippen LogP contribution is 2.17. The number of hydrogen-bond acceptors (Lipinski definition) is 4. The average Bonchev–Trinajstić information content (AvgIpc) is 3.14. The number of hydrogen-bond donors (Lipinski definition) is 2. The minimum Gasteiger partial charge on any atom is -0.353 e. The largest absolute Gasteiger partial charge is 0.353 e. The molecule has 2 rings (SSSR count). The lowest BCUT2D eigenvalue weighted by Crippen LogP contribution is -2.19. The zero-order valence-corrected chi connectivity index (χ0v) is 17.5. The van der Waals surface area contributed by atoms with E-state index in [1.807, 2.05) is 32.2 Å². The Morgan fingerprint density at radius 3 is 2.31 bits per heavy atom. The van der Waals surface area contributed by atoms with Gasteiger partial charge in [-0.05, 0) is 57.1 Å². The molecule has 2 aromatic heterocycles. The predicted octanol–water partition coefficient (Wildman–Crippen LogP) is 5.21. The number of rotatable bonds is 8. The molecule has 0 aliphatic heterocycles. The molecule has 0 bridgehead atoms. The SMILES string of the molecule is C=C(Nc1cccnc1)c1[nH]ncc1CC.CC.CCCN(C)CCC.